The first kappa shape index (κ1) is 18.2. The largest absolute Gasteiger partial charge is 0.379 e. The molecular weight excluding hydrogens is 302 g/mol. The van der Waals surface area contributed by atoms with Crippen molar-refractivity contribution >= 4 is 5.91 Å². The Kier molecular flexibility index (Phi) is 6.17. The third-order valence-corrected chi connectivity index (χ3v) is 6.32. The van der Waals surface area contributed by atoms with Gasteiger partial charge in [0.05, 0.1) is 0 Å². The van der Waals surface area contributed by atoms with Gasteiger partial charge in [0.2, 0.25) is 0 Å². The van der Waals surface area contributed by atoms with E-state index in [2.05, 4.69) is 16.8 Å². The lowest BCUT2D eigenvalue weighted by atomic mass is 9.86. The maximum Gasteiger partial charge on any atom is 0.255 e. The van der Waals surface area contributed by atoms with Crippen LogP contribution in [0.3, 0.4) is 0 Å². The van der Waals surface area contributed by atoms with Crippen molar-refractivity contribution in [3.63, 3.8) is 0 Å². The number of aliphatic hydroxyl groups is 1. The zero-order valence-corrected chi connectivity index (χ0v) is 15.4. The van der Waals surface area contributed by atoms with Gasteiger partial charge in [0.1, 0.15) is 0 Å². The fourth-order valence-corrected chi connectivity index (χ4v) is 4.62. The number of likely N-dealkylation sites (tertiary alicyclic amines) is 1. The molecule has 1 aliphatic carbocycles. The highest BCUT2D eigenvalue weighted by atomic mass is 16.3. The number of piperazine rings is 1. The Labute approximate surface area is 147 Å². The minimum absolute atomic E-state index is 0.0107. The first-order chi connectivity index (χ1) is 11.6. The van der Waals surface area contributed by atoms with Crippen LogP contribution < -0.4 is 0 Å². The van der Waals surface area contributed by atoms with Crippen LogP contribution in [0.25, 0.3) is 0 Å². The van der Waals surface area contributed by atoms with Crippen LogP contribution in [0.5, 0.6) is 0 Å². The second kappa shape index (κ2) is 8.15. The maximum atomic E-state index is 12.9. The Balaban J connectivity index is 1.51. The highest BCUT2D eigenvalue weighted by molar-refractivity contribution is 5.86. The average molecular weight is 338 g/mol. The Morgan fingerprint density at radius 3 is 2.46 bits per heavy atom. The van der Waals surface area contributed by atoms with Crippen LogP contribution in [0.15, 0.2) is 0 Å². The zero-order valence-electron chi connectivity index (χ0n) is 15.4. The number of hydrogen-bond donors (Lipinski definition) is 1. The summed E-state index contributed by atoms with van der Waals surface area (Å²) in [5, 5.41) is 11.0. The maximum absolute atomic E-state index is 12.9. The van der Waals surface area contributed by atoms with E-state index in [1.165, 1.54) is 32.1 Å². The van der Waals surface area contributed by atoms with Gasteiger partial charge in [-0.05, 0) is 32.2 Å². The standard InChI is InChI=1S/C19H35N3O2/c1-20-12-14-21(15-13-20)16-19(24)9-5-10-22(18(19)23)11-8-17-6-3-2-4-7-17/h17,24H,2-16H2,1H3. The van der Waals surface area contributed by atoms with Crippen molar-refractivity contribution < 1.29 is 9.90 Å². The van der Waals surface area contributed by atoms with Gasteiger partial charge >= 0.3 is 0 Å². The summed E-state index contributed by atoms with van der Waals surface area (Å²) < 4.78 is 0. The summed E-state index contributed by atoms with van der Waals surface area (Å²) in [7, 11) is 2.13. The summed E-state index contributed by atoms with van der Waals surface area (Å²) in [5.74, 6) is 0.780. The van der Waals surface area contributed by atoms with E-state index in [1.54, 1.807) is 0 Å². The van der Waals surface area contributed by atoms with E-state index in [1.807, 2.05) is 4.90 Å². The smallest absolute Gasteiger partial charge is 0.255 e. The minimum atomic E-state index is -1.15. The molecule has 1 N–H and O–H groups in total. The fourth-order valence-electron chi connectivity index (χ4n) is 4.62. The van der Waals surface area contributed by atoms with Crippen molar-refractivity contribution in [2.24, 2.45) is 5.92 Å². The van der Waals surface area contributed by atoms with Crippen molar-refractivity contribution in [2.75, 3.05) is 52.9 Å². The van der Waals surface area contributed by atoms with Crippen LogP contribution in [-0.2, 0) is 4.79 Å². The minimum Gasteiger partial charge on any atom is -0.379 e. The number of β-amino-alcohol motifs (C(OH)–C–C–N with tert-alkyl or cyclic N) is 1. The van der Waals surface area contributed by atoms with Crippen LogP contribution in [0, 0.1) is 5.92 Å². The Morgan fingerprint density at radius 1 is 1.04 bits per heavy atom. The normalized spacial score (nSPS) is 31.6. The number of piperidine rings is 1. The summed E-state index contributed by atoms with van der Waals surface area (Å²) >= 11 is 0. The van der Waals surface area contributed by atoms with Crippen molar-refractivity contribution in [3.05, 3.63) is 0 Å². The van der Waals surface area contributed by atoms with Crippen molar-refractivity contribution in [3.8, 4) is 0 Å². The van der Waals surface area contributed by atoms with Gasteiger partial charge in [0, 0.05) is 45.8 Å². The van der Waals surface area contributed by atoms with Crippen LogP contribution in [0.4, 0.5) is 0 Å². The van der Waals surface area contributed by atoms with Crippen molar-refractivity contribution in [1.29, 1.82) is 0 Å². The van der Waals surface area contributed by atoms with Crippen molar-refractivity contribution in [1.82, 2.24) is 14.7 Å². The number of hydrogen-bond acceptors (Lipinski definition) is 4. The van der Waals surface area contributed by atoms with E-state index in [9.17, 15) is 9.90 Å². The molecule has 1 atom stereocenters. The lowest BCUT2D eigenvalue weighted by molar-refractivity contribution is -0.160. The Hall–Kier alpha value is -0.650. The second-order valence-corrected chi connectivity index (χ2v) is 8.30. The van der Waals surface area contributed by atoms with Gasteiger partial charge in [-0.25, -0.2) is 0 Å². The summed E-state index contributed by atoms with van der Waals surface area (Å²) in [6.45, 7) is 6.14. The molecule has 2 aliphatic heterocycles. The number of amides is 1. The third kappa shape index (κ3) is 4.50. The molecule has 0 bridgehead atoms. The lowest BCUT2D eigenvalue weighted by Crippen LogP contribution is -2.60. The Morgan fingerprint density at radius 2 is 1.75 bits per heavy atom. The molecule has 0 aromatic heterocycles. The number of likely N-dealkylation sites (N-methyl/N-ethyl adjacent to an activating group) is 1. The summed E-state index contributed by atoms with van der Waals surface area (Å²) in [4.78, 5) is 19.4. The highest BCUT2D eigenvalue weighted by Gasteiger charge is 2.43. The summed E-state index contributed by atoms with van der Waals surface area (Å²) in [6, 6.07) is 0. The molecule has 1 saturated carbocycles. The first-order valence-corrected chi connectivity index (χ1v) is 9.99. The van der Waals surface area contributed by atoms with Gasteiger partial charge in [0.15, 0.2) is 5.60 Å². The summed E-state index contributed by atoms with van der Waals surface area (Å²) in [5.41, 5.74) is -1.15. The van der Waals surface area contributed by atoms with Gasteiger partial charge in [0.25, 0.3) is 5.91 Å². The van der Waals surface area contributed by atoms with E-state index >= 15 is 0 Å². The van der Waals surface area contributed by atoms with E-state index in [0.29, 0.717) is 13.0 Å². The number of nitrogens with zero attached hydrogens (tertiary/aromatic N) is 3. The van der Waals surface area contributed by atoms with Crippen LogP contribution in [0.2, 0.25) is 0 Å². The number of carbonyl (C=O) groups is 1. The monoisotopic (exact) mass is 337 g/mol. The van der Waals surface area contributed by atoms with E-state index in [-0.39, 0.29) is 5.91 Å². The topological polar surface area (TPSA) is 47.0 Å². The number of rotatable bonds is 5. The molecule has 2 heterocycles. The molecule has 2 saturated heterocycles. The molecule has 3 rings (SSSR count). The molecule has 5 nitrogen and oxygen atoms in total. The van der Waals surface area contributed by atoms with Gasteiger partial charge in [-0.2, -0.15) is 0 Å². The van der Waals surface area contributed by atoms with E-state index in [4.69, 9.17) is 0 Å². The molecule has 0 aromatic rings. The van der Waals surface area contributed by atoms with Crippen LogP contribution in [0.1, 0.15) is 51.4 Å². The predicted octanol–water partition coefficient (Wildman–Crippen LogP) is 1.56. The fraction of sp³-hybridized carbons (Fsp3) is 0.947. The second-order valence-electron chi connectivity index (χ2n) is 8.30. The highest BCUT2D eigenvalue weighted by Crippen LogP contribution is 2.29. The van der Waals surface area contributed by atoms with E-state index < -0.39 is 5.60 Å². The molecule has 5 heteroatoms. The van der Waals surface area contributed by atoms with Gasteiger partial charge in [-0.1, -0.05) is 32.1 Å². The zero-order chi connectivity index (χ0) is 17.0. The van der Waals surface area contributed by atoms with Crippen molar-refractivity contribution in [2.45, 2.75) is 57.0 Å². The van der Waals surface area contributed by atoms with Crippen LogP contribution >= 0.6 is 0 Å². The van der Waals surface area contributed by atoms with Gasteiger partial charge in [-0.3, -0.25) is 9.69 Å². The van der Waals surface area contributed by atoms with Gasteiger partial charge in [-0.15, -0.1) is 0 Å². The van der Waals surface area contributed by atoms with E-state index in [0.717, 1.165) is 58.0 Å². The quantitative estimate of drug-likeness (QED) is 0.827. The predicted molar refractivity (Wildman–Crippen MR) is 95.9 cm³/mol. The Bertz CT molecular complexity index is 417. The van der Waals surface area contributed by atoms with Crippen LogP contribution in [-0.4, -0.2) is 84.2 Å². The molecule has 0 spiro atoms. The molecule has 0 aromatic carbocycles. The summed E-state index contributed by atoms with van der Waals surface area (Å²) in [6.07, 6.45) is 9.41. The number of carbonyl (C=O) groups excluding carboxylic acids is 1. The average Bonchev–Trinajstić information content (AvgIpc) is 2.59. The molecule has 3 fully saturated rings. The first-order valence-electron chi connectivity index (χ1n) is 9.99. The molecule has 1 unspecified atom stereocenters. The third-order valence-electron chi connectivity index (χ3n) is 6.32. The van der Waals surface area contributed by atoms with Gasteiger partial charge < -0.3 is 14.9 Å². The molecular formula is C19H35N3O2. The molecule has 138 valence electrons. The molecule has 24 heavy (non-hydrogen) atoms. The molecule has 3 aliphatic rings. The molecule has 0 radical (unpaired) electrons. The SMILES string of the molecule is CN1CCN(CC2(O)CCCN(CCC3CCCCC3)C2=O)CC1. The lowest BCUT2D eigenvalue weighted by Gasteiger charge is -2.43. The molecule has 1 amide bonds.